The Morgan fingerprint density at radius 1 is 1.14 bits per heavy atom. The van der Waals surface area contributed by atoms with Crippen molar-refractivity contribution in [2.75, 3.05) is 13.2 Å². The van der Waals surface area contributed by atoms with Crippen LogP contribution in [-0.2, 0) is 4.74 Å². The van der Waals surface area contributed by atoms with E-state index in [2.05, 4.69) is 6.58 Å². The average Bonchev–Trinajstić information content (AvgIpc) is 2.71. The molecule has 0 radical (unpaired) electrons. The van der Waals surface area contributed by atoms with E-state index >= 15 is 0 Å². The number of hydrogen-bond acceptors (Lipinski definition) is 2. The molecule has 2 nitrogen and oxygen atoms in total. The number of halogens is 3. The monoisotopic (exact) mass is 390 g/mol. The van der Waals surface area contributed by atoms with Crippen LogP contribution in [0.5, 0.6) is 5.75 Å². The minimum absolute atomic E-state index is 0.00192. The van der Waals surface area contributed by atoms with Crippen LogP contribution in [0.25, 0.3) is 11.1 Å². The summed E-state index contributed by atoms with van der Waals surface area (Å²) in [5.41, 5.74) is 0.714. The molecule has 0 aromatic heterocycles. The van der Waals surface area contributed by atoms with Gasteiger partial charge in [-0.3, -0.25) is 0 Å². The Morgan fingerprint density at radius 3 is 2.61 bits per heavy atom. The Balaban J connectivity index is 1.80. The molecule has 5 heteroatoms. The quantitative estimate of drug-likeness (QED) is 0.391. The second-order valence-corrected chi connectivity index (χ2v) is 7.07. The molecule has 1 heterocycles. The van der Waals surface area contributed by atoms with Gasteiger partial charge in [-0.25, -0.2) is 8.78 Å². The number of benzene rings is 2. The first-order valence-corrected chi connectivity index (χ1v) is 9.69. The van der Waals surface area contributed by atoms with Gasteiger partial charge >= 0.3 is 0 Å². The van der Waals surface area contributed by atoms with E-state index in [1.807, 2.05) is 13.0 Å². The topological polar surface area (TPSA) is 18.5 Å². The number of ether oxygens (including phenoxy) is 2. The fourth-order valence-electron chi connectivity index (χ4n) is 3.35. The molecule has 1 aliphatic rings. The van der Waals surface area contributed by atoms with Crippen molar-refractivity contribution in [1.29, 1.82) is 0 Å². The number of rotatable bonds is 7. The predicted molar refractivity (Wildman–Crippen MR) is 104 cm³/mol. The molecule has 28 heavy (non-hydrogen) atoms. The molecule has 2 aromatic carbocycles. The molecule has 1 aliphatic heterocycles. The van der Waals surface area contributed by atoms with Crippen molar-refractivity contribution in [2.24, 2.45) is 5.92 Å². The highest BCUT2D eigenvalue weighted by atomic mass is 19.2. The fraction of sp³-hybridized carbons (Fsp3) is 0.391. The highest BCUT2D eigenvalue weighted by molar-refractivity contribution is 5.66. The van der Waals surface area contributed by atoms with Crippen LogP contribution in [0.1, 0.15) is 44.3 Å². The lowest BCUT2D eigenvalue weighted by Gasteiger charge is -2.28. The summed E-state index contributed by atoms with van der Waals surface area (Å²) in [5, 5.41) is 0. The van der Waals surface area contributed by atoms with E-state index in [4.69, 9.17) is 9.47 Å². The number of unbranched alkanes of at least 4 members (excludes halogenated alkanes) is 1. The van der Waals surface area contributed by atoms with Gasteiger partial charge in [-0.2, -0.15) is 4.39 Å². The first kappa shape index (κ1) is 20.5. The Morgan fingerprint density at radius 2 is 1.96 bits per heavy atom. The summed E-state index contributed by atoms with van der Waals surface area (Å²) < 4.78 is 54.5. The summed E-state index contributed by atoms with van der Waals surface area (Å²) in [6.07, 6.45) is 4.75. The van der Waals surface area contributed by atoms with Gasteiger partial charge in [0.2, 0.25) is 5.82 Å². The average molecular weight is 390 g/mol. The third kappa shape index (κ3) is 4.41. The van der Waals surface area contributed by atoms with Crippen LogP contribution >= 0.6 is 0 Å². The van der Waals surface area contributed by atoms with Crippen molar-refractivity contribution in [3.8, 4) is 16.9 Å². The fourth-order valence-corrected chi connectivity index (χ4v) is 3.35. The second kappa shape index (κ2) is 9.28. The first-order chi connectivity index (χ1) is 13.5. The molecule has 2 unspecified atom stereocenters. The Kier molecular flexibility index (Phi) is 6.79. The maximum absolute atomic E-state index is 14.7. The van der Waals surface area contributed by atoms with Gasteiger partial charge in [-0.05, 0) is 43.0 Å². The van der Waals surface area contributed by atoms with Gasteiger partial charge in [-0.15, -0.1) is 6.58 Å². The lowest BCUT2D eigenvalue weighted by molar-refractivity contribution is -0.00700. The lowest BCUT2D eigenvalue weighted by Crippen LogP contribution is -2.19. The molecule has 2 aromatic rings. The van der Waals surface area contributed by atoms with Gasteiger partial charge in [0.1, 0.15) is 5.82 Å². The first-order valence-electron chi connectivity index (χ1n) is 9.69. The molecule has 150 valence electrons. The summed E-state index contributed by atoms with van der Waals surface area (Å²) in [5.74, 6) is -2.41. The molecular weight excluding hydrogens is 365 g/mol. The molecule has 0 spiro atoms. The lowest BCUT2D eigenvalue weighted by atomic mass is 9.93. The Bertz CT molecular complexity index is 827. The maximum Gasteiger partial charge on any atom is 0.201 e. The van der Waals surface area contributed by atoms with E-state index in [1.165, 1.54) is 18.2 Å². The molecule has 2 atom stereocenters. The third-order valence-corrected chi connectivity index (χ3v) is 5.11. The standard InChI is InChI=1S/C23H25F3O2/c1-3-5-12-27-21-11-9-17(22(25)23(21)26)16-7-8-18(19(24)13-16)20-10-6-15(4-2)14-28-20/h4,7-9,11,13,15,20H,2-3,5-6,10,12,14H2,1H3. The van der Waals surface area contributed by atoms with Crippen molar-refractivity contribution in [2.45, 2.75) is 38.7 Å². The highest BCUT2D eigenvalue weighted by Crippen LogP contribution is 2.35. The van der Waals surface area contributed by atoms with Crippen molar-refractivity contribution < 1.29 is 22.6 Å². The normalized spacial score (nSPS) is 19.4. The van der Waals surface area contributed by atoms with Crippen molar-refractivity contribution in [1.82, 2.24) is 0 Å². The molecule has 0 bridgehead atoms. The molecule has 0 aliphatic carbocycles. The molecule has 0 saturated carbocycles. The number of hydrogen-bond donors (Lipinski definition) is 0. The van der Waals surface area contributed by atoms with Gasteiger partial charge < -0.3 is 9.47 Å². The minimum Gasteiger partial charge on any atom is -0.490 e. The molecule has 0 N–H and O–H groups in total. The van der Waals surface area contributed by atoms with Crippen molar-refractivity contribution >= 4 is 0 Å². The zero-order valence-corrected chi connectivity index (χ0v) is 16.0. The van der Waals surface area contributed by atoms with E-state index in [1.54, 1.807) is 12.1 Å². The van der Waals surface area contributed by atoms with Crippen LogP contribution in [0.15, 0.2) is 43.0 Å². The summed E-state index contributed by atoms with van der Waals surface area (Å²) in [7, 11) is 0. The van der Waals surface area contributed by atoms with Crippen LogP contribution < -0.4 is 4.74 Å². The van der Waals surface area contributed by atoms with E-state index in [0.29, 0.717) is 25.2 Å². The highest BCUT2D eigenvalue weighted by Gasteiger charge is 2.24. The third-order valence-electron chi connectivity index (χ3n) is 5.11. The zero-order valence-electron chi connectivity index (χ0n) is 16.0. The van der Waals surface area contributed by atoms with E-state index < -0.39 is 17.5 Å². The van der Waals surface area contributed by atoms with Gasteiger partial charge in [0.25, 0.3) is 0 Å². The second-order valence-electron chi connectivity index (χ2n) is 7.07. The summed E-state index contributed by atoms with van der Waals surface area (Å²) in [4.78, 5) is 0. The largest absolute Gasteiger partial charge is 0.490 e. The molecule has 3 rings (SSSR count). The van der Waals surface area contributed by atoms with Crippen LogP contribution in [0.2, 0.25) is 0 Å². The van der Waals surface area contributed by atoms with Gasteiger partial charge in [0, 0.05) is 17.0 Å². The van der Waals surface area contributed by atoms with Crippen molar-refractivity contribution in [3.05, 3.63) is 66.0 Å². The van der Waals surface area contributed by atoms with Crippen LogP contribution in [0, 0.1) is 23.4 Å². The molecule has 1 saturated heterocycles. The molecular formula is C23H25F3O2. The van der Waals surface area contributed by atoms with E-state index in [-0.39, 0.29) is 28.9 Å². The Labute approximate surface area is 164 Å². The predicted octanol–water partition coefficient (Wildman–Crippen LogP) is 6.60. The van der Waals surface area contributed by atoms with Crippen LogP contribution in [-0.4, -0.2) is 13.2 Å². The summed E-state index contributed by atoms with van der Waals surface area (Å²) in [6, 6.07) is 7.21. The van der Waals surface area contributed by atoms with Gasteiger partial charge in [-0.1, -0.05) is 31.6 Å². The van der Waals surface area contributed by atoms with E-state index in [0.717, 1.165) is 19.3 Å². The minimum atomic E-state index is -1.05. The van der Waals surface area contributed by atoms with Gasteiger partial charge in [0.05, 0.1) is 19.3 Å². The summed E-state index contributed by atoms with van der Waals surface area (Å²) >= 11 is 0. The smallest absolute Gasteiger partial charge is 0.201 e. The SMILES string of the molecule is C=CC1CCC(c2ccc(-c3ccc(OCCCC)c(F)c3F)cc2F)OC1. The maximum atomic E-state index is 14.7. The van der Waals surface area contributed by atoms with Crippen LogP contribution in [0.4, 0.5) is 13.2 Å². The van der Waals surface area contributed by atoms with Crippen LogP contribution in [0.3, 0.4) is 0 Å². The van der Waals surface area contributed by atoms with Crippen molar-refractivity contribution in [3.63, 3.8) is 0 Å². The molecule has 0 amide bonds. The zero-order chi connectivity index (χ0) is 20.1. The molecule has 1 fully saturated rings. The van der Waals surface area contributed by atoms with Gasteiger partial charge in [0.15, 0.2) is 11.6 Å². The Hall–Kier alpha value is -2.27. The van der Waals surface area contributed by atoms with E-state index in [9.17, 15) is 13.2 Å². The summed E-state index contributed by atoms with van der Waals surface area (Å²) in [6.45, 7) is 6.57.